The number of H-pyrrole nitrogens is 1. The van der Waals surface area contributed by atoms with Crippen molar-refractivity contribution in [2.75, 3.05) is 13.1 Å². The highest BCUT2D eigenvalue weighted by molar-refractivity contribution is 5.77. The molecule has 18 heavy (non-hydrogen) atoms. The van der Waals surface area contributed by atoms with E-state index in [1.54, 1.807) is 22.8 Å². The Labute approximate surface area is 105 Å². The number of likely N-dealkylation sites (tertiary alicyclic amines) is 1. The maximum absolute atomic E-state index is 12.1. The predicted molar refractivity (Wildman–Crippen MR) is 69.7 cm³/mol. The van der Waals surface area contributed by atoms with Gasteiger partial charge in [0.25, 0.3) is 0 Å². The summed E-state index contributed by atoms with van der Waals surface area (Å²) in [6.07, 6.45) is 2.20. The molecule has 1 aromatic heterocycles. The van der Waals surface area contributed by atoms with Crippen LogP contribution in [0.4, 0.5) is 0 Å². The smallest absolute Gasteiger partial charge is 0.327 e. The van der Waals surface area contributed by atoms with Crippen molar-refractivity contribution in [2.24, 2.45) is 0 Å². The third kappa shape index (κ3) is 1.62. The first-order chi connectivity index (χ1) is 8.70. The predicted octanol–water partition coefficient (Wildman–Crippen LogP) is 1.65. The number of aromatic amines is 1. The zero-order valence-electron chi connectivity index (χ0n) is 10.4. The SMILES string of the molecule is CCN1CCCC1n1c(=O)[nH]c2ccc(O)cc21. The Balaban J connectivity index is 2.18. The number of fused-ring (bicyclic) bond motifs is 1. The number of hydrogen-bond acceptors (Lipinski definition) is 3. The molecule has 5 heteroatoms. The van der Waals surface area contributed by atoms with E-state index in [0.29, 0.717) is 0 Å². The molecule has 0 amide bonds. The molecular weight excluding hydrogens is 230 g/mol. The minimum absolute atomic E-state index is 0.0963. The number of phenols is 1. The summed E-state index contributed by atoms with van der Waals surface area (Å²) >= 11 is 0. The zero-order valence-corrected chi connectivity index (χ0v) is 10.4. The van der Waals surface area contributed by atoms with Crippen LogP contribution in [0.15, 0.2) is 23.0 Å². The largest absolute Gasteiger partial charge is 0.508 e. The van der Waals surface area contributed by atoms with E-state index in [-0.39, 0.29) is 17.6 Å². The topological polar surface area (TPSA) is 61.3 Å². The van der Waals surface area contributed by atoms with E-state index in [2.05, 4.69) is 16.8 Å². The number of nitrogens with one attached hydrogen (secondary N) is 1. The molecule has 1 atom stereocenters. The molecule has 1 aromatic carbocycles. The van der Waals surface area contributed by atoms with Gasteiger partial charge in [0.05, 0.1) is 17.2 Å². The fourth-order valence-electron chi connectivity index (χ4n) is 2.88. The highest BCUT2D eigenvalue weighted by Crippen LogP contribution is 2.29. The Morgan fingerprint density at radius 1 is 1.50 bits per heavy atom. The van der Waals surface area contributed by atoms with Crippen molar-refractivity contribution in [3.8, 4) is 5.75 Å². The summed E-state index contributed by atoms with van der Waals surface area (Å²) in [6.45, 7) is 4.07. The van der Waals surface area contributed by atoms with Gasteiger partial charge in [0.1, 0.15) is 5.75 Å². The Morgan fingerprint density at radius 3 is 3.11 bits per heavy atom. The van der Waals surface area contributed by atoms with E-state index in [1.165, 1.54) is 0 Å². The molecule has 2 heterocycles. The molecule has 1 aliphatic heterocycles. The molecule has 0 bridgehead atoms. The molecule has 5 nitrogen and oxygen atoms in total. The van der Waals surface area contributed by atoms with E-state index in [9.17, 15) is 9.90 Å². The molecule has 0 radical (unpaired) electrons. The summed E-state index contributed by atoms with van der Waals surface area (Å²) < 4.78 is 1.77. The molecule has 1 fully saturated rings. The van der Waals surface area contributed by atoms with Gasteiger partial charge in [-0.3, -0.25) is 9.47 Å². The van der Waals surface area contributed by atoms with Gasteiger partial charge < -0.3 is 10.1 Å². The second-order valence-electron chi connectivity index (χ2n) is 4.75. The maximum Gasteiger partial charge on any atom is 0.327 e. The molecule has 1 saturated heterocycles. The van der Waals surface area contributed by atoms with Crippen LogP contribution in [-0.2, 0) is 0 Å². The van der Waals surface area contributed by atoms with Crippen LogP contribution in [0.1, 0.15) is 25.9 Å². The van der Waals surface area contributed by atoms with Gasteiger partial charge in [-0.25, -0.2) is 4.79 Å². The second-order valence-corrected chi connectivity index (χ2v) is 4.75. The number of hydrogen-bond donors (Lipinski definition) is 2. The van der Waals surface area contributed by atoms with Gasteiger partial charge in [0.15, 0.2) is 0 Å². The highest BCUT2D eigenvalue weighted by atomic mass is 16.3. The number of aromatic hydroxyl groups is 1. The summed E-state index contributed by atoms with van der Waals surface area (Å²) in [5.41, 5.74) is 1.46. The third-order valence-corrected chi connectivity index (χ3v) is 3.73. The lowest BCUT2D eigenvalue weighted by Crippen LogP contribution is -2.32. The van der Waals surface area contributed by atoms with Gasteiger partial charge in [-0.05, 0) is 31.5 Å². The van der Waals surface area contributed by atoms with E-state index in [0.717, 1.165) is 37.0 Å². The quantitative estimate of drug-likeness (QED) is 0.848. The Hall–Kier alpha value is -1.75. The van der Waals surface area contributed by atoms with Crippen molar-refractivity contribution in [1.82, 2.24) is 14.5 Å². The number of phenolic OH excluding ortho intramolecular Hbond substituents is 1. The van der Waals surface area contributed by atoms with Gasteiger partial charge in [0, 0.05) is 12.6 Å². The number of nitrogens with zero attached hydrogens (tertiary/aromatic N) is 2. The molecule has 3 rings (SSSR count). The van der Waals surface area contributed by atoms with Crippen LogP contribution in [0.2, 0.25) is 0 Å². The van der Waals surface area contributed by atoms with Crippen LogP contribution >= 0.6 is 0 Å². The Morgan fingerprint density at radius 2 is 2.33 bits per heavy atom. The number of aromatic nitrogens is 2. The average molecular weight is 247 g/mol. The van der Waals surface area contributed by atoms with Crippen molar-refractivity contribution in [3.63, 3.8) is 0 Å². The molecule has 1 aliphatic rings. The van der Waals surface area contributed by atoms with Crippen LogP contribution in [0.25, 0.3) is 11.0 Å². The number of benzene rings is 1. The molecule has 96 valence electrons. The first kappa shape index (κ1) is 11.3. The highest BCUT2D eigenvalue weighted by Gasteiger charge is 2.27. The minimum atomic E-state index is -0.0963. The summed E-state index contributed by atoms with van der Waals surface area (Å²) in [4.78, 5) is 17.2. The Kier molecular flexibility index (Phi) is 2.63. The van der Waals surface area contributed by atoms with E-state index in [4.69, 9.17) is 0 Å². The van der Waals surface area contributed by atoms with Crippen molar-refractivity contribution < 1.29 is 5.11 Å². The lowest BCUT2D eigenvalue weighted by molar-refractivity contribution is 0.204. The first-order valence-corrected chi connectivity index (χ1v) is 6.38. The Bertz CT molecular complexity index is 629. The van der Waals surface area contributed by atoms with Crippen molar-refractivity contribution >= 4 is 11.0 Å². The van der Waals surface area contributed by atoms with Crippen LogP contribution in [0.5, 0.6) is 5.75 Å². The lowest BCUT2D eigenvalue weighted by atomic mass is 10.2. The molecule has 1 unspecified atom stereocenters. The first-order valence-electron chi connectivity index (χ1n) is 6.38. The summed E-state index contributed by atoms with van der Waals surface area (Å²) in [6, 6.07) is 4.99. The molecule has 0 spiro atoms. The molecule has 2 aromatic rings. The average Bonchev–Trinajstić information content (AvgIpc) is 2.91. The van der Waals surface area contributed by atoms with Gasteiger partial charge in [0.2, 0.25) is 0 Å². The van der Waals surface area contributed by atoms with Crippen LogP contribution < -0.4 is 5.69 Å². The molecule has 0 saturated carbocycles. The summed E-state index contributed by atoms with van der Waals surface area (Å²) in [5, 5.41) is 9.59. The lowest BCUT2D eigenvalue weighted by Gasteiger charge is -2.23. The summed E-state index contributed by atoms with van der Waals surface area (Å²) in [7, 11) is 0. The standard InChI is InChI=1S/C13H17N3O2/c1-2-15-7-3-4-12(15)16-11-8-9(17)5-6-10(11)14-13(16)18/h5-6,8,12,17H,2-4,7H2,1H3,(H,14,18). The molecular formula is C13H17N3O2. The maximum atomic E-state index is 12.1. The number of imidazole rings is 1. The van der Waals surface area contributed by atoms with Crippen molar-refractivity contribution in [2.45, 2.75) is 25.9 Å². The zero-order chi connectivity index (χ0) is 12.7. The van der Waals surface area contributed by atoms with Gasteiger partial charge in [-0.2, -0.15) is 0 Å². The summed E-state index contributed by atoms with van der Waals surface area (Å²) in [5.74, 6) is 0.191. The van der Waals surface area contributed by atoms with Crippen LogP contribution in [0.3, 0.4) is 0 Å². The van der Waals surface area contributed by atoms with Gasteiger partial charge >= 0.3 is 5.69 Å². The molecule has 2 N–H and O–H groups in total. The van der Waals surface area contributed by atoms with E-state index >= 15 is 0 Å². The van der Waals surface area contributed by atoms with Crippen molar-refractivity contribution in [3.05, 3.63) is 28.7 Å². The van der Waals surface area contributed by atoms with Gasteiger partial charge in [-0.15, -0.1) is 0 Å². The number of rotatable bonds is 2. The van der Waals surface area contributed by atoms with Crippen molar-refractivity contribution in [1.29, 1.82) is 0 Å². The van der Waals surface area contributed by atoms with E-state index in [1.807, 2.05) is 0 Å². The fourth-order valence-corrected chi connectivity index (χ4v) is 2.88. The van der Waals surface area contributed by atoms with Crippen LogP contribution in [-0.4, -0.2) is 32.6 Å². The van der Waals surface area contributed by atoms with E-state index < -0.39 is 0 Å². The second kappa shape index (κ2) is 4.17. The fraction of sp³-hybridized carbons (Fsp3) is 0.462. The van der Waals surface area contributed by atoms with Crippen LogP contribution in [0, 0.1) is 0 Å². The third-order valence-electron chi connectivity index (χ3n) is 3.73. The normalized spacial score (nSPS) is 20.8. The minimum Gasteiger partial charge on any atom is -0.508 e. The molecule has 0 aliphatic carbocycles. The van der Waals surface area contributed by atoms with Gasteiger partial charge in [-0.1, -0.05) is 6.92 Å². The monoisotopic (exact) mass is 247 g/mol.